The third-order valence-electron chi connectivity index (χ3n) is 13.1. The molecule has 0 nitrogen and oxygen atoms in total. The van der Waals surface area contributed by atoms with Crippen molar-refractivity contribution in [2.75, 3.05) is 0 Å². The first kappa shape index (κ1) is 41.2. The molecule has 0 spiro atoms. The van der Waals surface area contributed by atoms with Gasteiger partial charge in [-0.15, -0.1) is 0 Å². The van der Waals surface area contributed by atoms with Crippen molar-refractivity contribution in [1.29, 1.82) is 0 Å². The monoisotopic (exact) mass is 776 g/mol. The van der Waals surface area contributed by atoms with Gasteiger partial charge in [0.2, 0.25) is 0 Å². The Hall–Kier alpha value is -4.98. The molecule has 0 saturated carbocycles. The molecule has 0 radical (unpaired) electrons. The van der Waals surface area contributed by atoms with Crippen molar-refractivity contribution in [3.8, 4) is 33.4 Å². The van der Waals surface area contributed by atoms with Gasteiger partial charge in [-0.25, -0.2) is 0 Å². The number of hydrogen-bond donors (Lipinski definition) is 0. The van der Waals surface area contributed by atoms with Crippen LogP contribution < -0.4 is 15.6 Å². The van der Waals surface area contributed by atoms with Crippen LogP contribution in [0.4, 0.5) is 0 Å². The van der Waals surface area contributed by atoms with Crippen molar-refractivity contribution >= 4 is 23.6 Å². The zero-order valence-electron chi connectivity index (χ0n) is 37.4. The lowest BCUT2D eigenvalue weighted by Gasteiger charge is -2.44. The number of allylic oxidation sites excluding steroid dienone is 4. The SMILES string of the molecule is CC1=C(C)C(C)C([Si](c2cccc(C(C)(C)C)c2-c2ccccc2)(c2cccc(C(C)(C)C)c2-c2ccccc2)c2cccc(C(C)(C)C)c2-c2ccccc2)=C1C. The molecule has 0 amide bonds. The molecule has 1 aliphatic carbocycles. The predicted molar refractivity (Wildman–Crippen MR) is 257 cm³/mol. The van der Waals surface area contributed by atoms with E-state index in [0.717, 1.165) is 0 Å². The highest BCUT2D eigenvalue weighted by molar-refractivity contribution is 7.18. The van der Waals surface area contributed by atoms with Gasteiger partial charge < -0.3 is 0 Å². The lowest BCUT2D eigenvalue weighted by atomic mass is 9.81. The van der Waals surface area contributed by atoms with Gasteiger partial charge in [0.25, 0.3) is 0 Å². The third kappa shape index (κ3) is 7.00. The molecular weight excluding hydrogens is 713 g/mol. The molecule has 296 valence electrons. The summed E-state index contributed by atoms with van der Waals surface area (Å²) in [5.74, 6) is 0.248. The maximum Gasteiger partial charge on any atom is 0.178 e. The van der Waals surface area contributed by atoms with Crippen LogP contribution in [0.2, 0.25) is 0 Å². The molecule has 0 aromatic heterocycles. The first-order valence-corrected chi connectivity index (χ1v) is 23.4. The maximum absolute atomic E-state index is 3.38. The molecule has 6 aromatic rings. The lowest BCUT2D eigenvalue weighted by molar-refractivity contribution is 0.592. The molecule has 0 saturated heterocycles. The van der Waals surface area contributed by atoms with E-state index in [9.17, 15) is 0 Å². The van der Waals surface area contributed by atoms with E-state index < -0.39 is 8.07 Å². The Morgan fingerprint density at radius 2 is 0.655 bits per heavy atom. The fourth-order valence-corrected chi connectivity index (χ4v) is 16.4. The second-order valence-electron chi connectivity index (χ2n) is 19.9. The van der Waals surface area contributed by atoms with Gasteiger partial charge in [0, 0.05) is 0 Å². The molecule has 1 atom stereocenters. The van der Waals surface area contributed by atoms with Crippen molar-refractivity contribution in [3.63, 3.8) is 0 Å². The molecule has 0 fully saturated rings. The largest absolute Gasteiger partial charge is 0.178 e. The van der Waals surface area contributed by atoms with Crippen LogP contribution in [0.1, 0.15) is 107 Å². The van der Waals surface area contributed by atoms with Crippen LogP contribution in [0.5, 0.6) is 0 Å². The molecule has 1 heteroatoms. The van der Waals surface area contributed by atoms with Crippen LogP contribution in [0, 0.1) is 5.92 Å². The Kier molecular flexibility index (Phi) is 10.9. The molecule has 1 unspecified atom stereocenters. The molecule has 7 rings (SSSR count). The number of hydrogen-bond acceptors (Lipinski definition) is 0. The highest BCUT2D eigenvalue weighted by atomic mass is 28.3. The smallest absolute Gasteiger partial charge is 0.0636 e. The zero-order valence-corrected chi connectivity index (χ0v) is 38.4. The summed E-state index contributed by atoms with van der Waals surface area (Å²) in [6, 6.07) is 56.0. The fraction of sp³-hybridized carbons (Fsp3) is 0.298. The normalized spacial score (nSPS) is 15.4. The van der Waals surface area contributed by atoms with Gasteiger partial charge in [-0.1, -0.05) is 231 Å². The van der Waals surface area contributed by atoms with Crippen LogP contribution in [0.15, 0.2) is 168 Å². The van der Waals surface area contributed by atoms with Crippen LogP contribution in [0.25, 0.3) is 33.4 Å². The average Bonchev–Trinajstić information content (AvgIpc) is 3.39. The van der Waals surface area contributed by atoms with Crippen LogP contribution in [-0.4, -0.2) is 8.07 Å². The molecular formula is C57H64Si. The van der Waals surface area contributed by atoms with Gasteiger partial charge in [-0.05, 0) is 114 Å². The summed E-state index contributed by atoms with van der Waals surface area (Å²) >= 11 is 0. The Labute approximate surface area is 351 Å². The van der Waals surface area contributed by atoms with Crippen molar-refractivity contribution in [2.24, 2.45) is 5.92 Å². The summed E-state index contributed by atoms with van der Waals surface area (Å²) in [4.78, 5) is 0. The summed E-state index contributed by atoms with van der Waals surface area (Å²) in [6.45, 7) is 31.3. The van der Waals surface area contributed by atoms with Gasteiger partial charge in [0.1, 0.15) is 0 Å². The second-order valence-corrected chi connectivity index (χ2v) is 23.5. The summed E-state index contributed by atoms with van der Waals surface area (Å²) in [6.07, 6.45) is 0. The van der Waals surface area contributed by atoms with Crippen molar-refractivity contribution in [3.05, 3.63) is 184 Å². The van der Waals surface area contributed by atoms with Crippen LogP contribution in [0.3, 0.4) is 0 Å². The molecule has 6 aromatic carbocycles. The minimum Gasteiger partial charge on any atom is -0.0636 e. The van der Waals surface area contributed by atoms with Crippen molar-refractivity contribution in [2.45, 2.75) is 106 Å². The Balaban J connectivity index is 1.89. The van der Waals surface area contributed by atoms with E-state index in [2.05, 4.69) is 236 Å². The highest BCUT2D eigenvalue weighted by Crippen LogP contribution is 2.47. The first-order valence-electron chi connectivity index (χ1n) is 21.4. The van der Waals surface area contributed by atoms with E-state index in [4.69, 9.17) is 0 Å². The number of benzene rings is 6. The fourth-order valence-electron chi connectivity index (χ4n) is 10.1. The van der Waals surface area contributed by atoms with Gasteiger partial charge in [-0.3, -0.25) is 0 Å². The van der Waals surface area contributed by atoms with E-state index >= 15 is 0 Å². The topological polar surface area (TPSA) is 0 Å². The molecule has 1 aliphatic rings. The van der Waals surface area contributed by atoms with Crippen molar-refractivity contribution in [1.82, 2.24) is 0 Å². The molecule has 0 N–H and O–H groups in total. The summed E-state index contributed by atoms with van der Waals surface area (Å²) in [7, 11) is -3.38. The van der Waals surface area contributed by atoms with Crippen LogP contribution in [-0.2, 0) is 16.2 Å². The quantitative estimate of drug-likeness (QED) is 0.112. The Bertz CT molecular complexity index is 2270. The summed E-state index contributed by atoms with van der Waals surface area (Å²) in [5.41, 5.74) is 16.2. The third-order valence-corrected chi connectivity index (χ3v) is 18.4. The minimum atomic E-state index is -3.38. The van der Waals surface area contributed by atoms with Gasteiger partial charge >= 0.3 is 0 Å². The van der Waals surface area contributed by atoms with Crippen LogP contribution >= 0.6 is 0 Å². The summed E-state index contributed by atoms with van der Waals surface area (Å²) in [5, 5.41) is 6.03. The average molecular weight is 777 g/mol. The van der Waals surface area contributed by atoms with E-state index in [1.54, 1.807) is 5.20 Å². The van der Waals surface area contributed by atoms with E-state index in [1.807, 2.05) is 0 Å². The zero-order chi connectivity index (χ0) is 41.8. The lowest BCUT2D eigenvalue weighted by Crippen LogP contribution is -2.71. The summed E-state index contributed by atoms with van der Waals surface area (Å²) < 4.78 is 0. The standard InChI is InChI=1S/C57H64Si/c1-38-39(2)41(4)54(40(38)3)58(48-35-23-32-45(55(5,6)7)51(48)42-26-17-14-18-27-42,49-36-24-33-46(56(8,9)10)52(49)43-28-19-15-20-29-43)50-37-25-34-47(57(11,12)13)53(50)44-30-21-16-22-31-44/h14-37,40H,1-13H3. The molecule has 0 bridgehead atoms. The highest BCUT2D eigenvalue weighted by Gasteiger charge is 2.53. The molecule has 0 aliphatic heterocycles. The predicted octanol–water partition coefficient (Wildman–Crippen LogP) is 13.9. The van der Waals surface area contributed by atoms with Gasteiger partial charge in [-0.2, -0.15) is 0 Å². The van der Waals surface area contributed by atoms with Crippen molar-refractivity contribution < 1.29 is 0 Å². The number of rotatable bonds is 7. The molecule has 58 heavy (non-hydrogen) atoms. The second kappa shape index (κ2) is 15.3. The minimum absolute atomic E-state index is 0.110. The first-order chi connectivity index (χ1) is 27.4. The Morgan fingerprint density at radius 1 is 0.362 bits per heavy atom. The molecule has 0 heterocycles. The van der Waals surface area contributed by atoms with E-state index in [-0.39, 0.29) is 22.2 Å². The maximum atomic E-state index is 2.55. The Morgan fingerprint density at radius 3 is 0.897 bits per heavy atom. The van der Waals surface area contributed by atoms with Gasteiger partial charge in [0.05, 0.1) is 0 Å². The van der Waals surface area contributed by atoms with E-state index in [1.165, 1.54) is 82.4 Å². The van der Waals surface area contributed by atoms with Gasteiger partial charge in [0.15, 0.2) is 8.07 Å². The van der Waals surface area contributed by atoms with E-state index in [0.29, 0.717) is 0 Å².